The molecule has 6 nitrogen and oxygen atoms in total. The van der Waals surface area contributed by atoms with E-state index in [0.29, 0.717) is 37.3 Å². The van der Waals surface area contributed by atoms with Crippen molar-refractivity contribution < 1.29 is 22.0 Å². The van der Waals surface area contributed by atoms with Gasteiger partial charge in [0.2, 0.25) is 10.0 Å². The topological polar surface area (TPSA) is 71.4 Å². The predicted molar refractivity (Wildman–Crippen MR) is 95.6 cm³/mol. The molecule has 1 N–H and O–H groups in total. The number of nitrogens with one attached hydrogen (secondary N) is 1. The van der Waals surface area contributed by atoms with Gasteiger partial charge >= 0.3 is 0 Å². The summed E-state index contributed by atoms with van der Waals surface area (Å²) in [6.07, 6.45) is 1.41. The summed E-state index contributed by atoms with van der Waals surface area (Å²) in [7, 11) is -3.95. The summed E-state index contributed by atoms with van der Waals surface area (Å²) in [6, 6.07) is 4.28. The van der Waals surface area contributed by atoms with Crippen LogP contribution in [0.2, 0.25) is 0 Å². The lowest BCUT2D eigenvalue weighted by molar-refractivity contribution is 0.0683. The van der Waals surface area contributed by atoms with Gasteiger partial charge in [0.1, 0.15) is 22.2 Å². The number of nitrogens with zero attached hydrogens (tertiary/aromatic N) is 2. The maximum absolute atomic E-state index is 13.7. The molecule has 0 fully saturated rings. The Kier molecular flexibility index (Phi) is 5.34. The van der Waals surface area contributed by atoms with Crippen LogP contribution in [0.3, 0.4) is 0 Å². The molecule has 1 aromatic heterocycles. The fourth-order valence-electron chi connectivity index (χ4n) is 3.02. The molecule has 1 aliphatic heterocycles. The fraction of sp³-hybridized carbons (Fsp3) is 0.389. The van der Waals surface area contributed by atoms with E-state index in [1.165, 1.54) is 18.3 Å². The van der Waals surface area contributed by atoms with Crippen LogP contribution in [-0.4, -0.2) is 36.9 Å². The number of sulfonamides is 1. The summed E-state index contributed by atoms with van der Waals surface area (Å²) in [5.74, 6) is -1.45. The van der Waals surface area contributed by atoms with Crippen molar-refractivity contribution in [1.29, 1.82) is 0 Å². The Labute approximate surface area is 156 Å². The smallest absolute Gasteiger partial charge is 0.270 e. The second-order valence-corrected chi connectivity index (χ2v) is 8.73. The second-order valence-electron chi connectivity index (χ2n) is 6.96. The van der Waals surface area contributed by atoms with Gasteiger partial charge in [-0.25, -0.2) is 21.9 Å². The van der Waals surface area contributed by atoms with Gasteiger partial charge in [0.05, 0.1) is 0 Å². The first kappa shape index (κ1) is 19.5. The summed E-state index contributed by atoms with van der Waals surface area (Å²) >= 11 is 0. The number of hydrogen-bond acceptors (Lipinski definition) is 3. The summed E-state index contributed by atoms with van der Waals surface area (Å²) in [5, 5.41) is 0. The molecule has 2 heterocycles. The van der Waals surface area contributed by atoms with Gasteiger partial charge in [-0.2, -0.15) is 0 Å². The third-order valence-corrected chi connectivity index (χ3v) is 5.72. The minimum absolute atomic E-state index is 0.0307. The maximum atomic E-state index is 13.7. The number of halogens is 2. The van der Waals surface area contributed by atoms with E-state index < -0.39 is 21.7 Å². The van der Waals surface area contributed by atoms with E-state index in [-0.39, 0.29) is 22.9 Å². The largest absolute Gasteiger partial charge is 0.340 e. The van der Waals surface area contributed by atoms with Crippen molar-refractivity contribution in [2.45, 2.75) is 31.8 Å². The Balaban J connectivity index is 1.77. The molecule has 0 aliphatic carbocycles. The Morgan fingerprint density at radius 2 is 1.93 bits per heavy atom. The van der Waals surface area contributed by atoms with Crippen molar-refractivity contribution in [1.82, 2.24) is 14.2 Å². The Morgan fingerprint density at radius 3 is 2.59 bits per heavy atom. The standard InChI is InChI=1S/C18H21F2N3O3S/c1-12(2)10-23-6-5-22-11-15(8-17(22)18(23)24)27(25,26)21-9-13-3-4-14(19)7-16(13)20/h3-4,7-8,11-12,21H,5-6,9-10H2,1-2H3. The molecule has 1 aromatic carbocycles. The lowest BCUT2D eigenvalue weighted by Gasteiger charge is -2.29. The molecule has 0 bridgehead atoms. The highest BCUT2D eigenvalue weighted by atomic mass is 32.2. The molecule has 0 atom stereocenters. The van der Waals surface area contributed by atoms with Crippen LogP contribution in [0, 0.1) is 17.6 Å². The monoisotopic (exact) mass is 397 g/mol. The SMILES string of the molecule is CC(C)CN1CCn2cc(S(=O)(=O)NCc3ccc(F)cc3F)cc2C1=O. The van der Waals surface area contributed by atoms with E-state index in [2.05, 4.69) is 4.72 Å². The average Bonchev–Trinajstić information content (AvgIpc) is 3.02. The quantitative estimate of drug-likeness (QED) is 0.813. The van der Waals surface area contributed by atoms with Crippen LogP contribution in [0.15, 0.2) is 35.4 Å². The first-order valence-electron chi connectivity index (χ1n) is 8.60. The third-order valence-electron chi connectivity index (χ3n) is 4.35. The number of amides is 1. The van der Waals surface area contributed by atoms with E-state index >= 15 is 0 Å². The van der Waals surface area contributed by atoms with Crippen LogP contribution in [0.25, 0.3) is 0 Å². The Bertz CT molecular complexity index is 970. The van der Waals surface area contributed by atoms with Crippen LogP contribution >= 0.6 is 0 Å². The van der Waals surface area contributed by atoms with Crippen molar-refractivity contribution in [3.8, 4) is 0 Å². The molecule has 0 radical (unpaired) electrons. The number of benzene rings is 1. The van der Waals surface area contributed by atoms with Gasteiger partial charge in [-0.3, -0.25) is 4.79 Å². The van der Waals surface area contributed by atoms with Crippen LogP contribution < -0.4 is 4.72 Å². The zero-order chi connectivity index (χ0) is 19.8. The predicted octanol–water partition coefficient (Wildman–Crippen LogP) is 2.36. The highest BCUT2D eigenvalue weighted by Crippen LogP contribution is 2.21. The minimum Gasteiger partial charge on any atom is -0.340 e. The lowest BCUT2D eigenvalue weighted by atomic mass is 10.2. The molecular formula is C18H21F2N3O3S. The van der Waals surface area contributed by atoms with Crippen molar-refractivity contribution >= 4 is 15.9 Å². The molecule has 0 saturated heterocycles. The molecular weight excluding hydrogens is 376 g/mol. The average molecular weight is 397 g/mol. The number of carbonyl (C=O) groups is 1. The summed E-state index contributed by atoms with van der Waals surface area (Å²) in [5.41, 5.74) is 0.346. The van der Waals surface area contributed by atoms with Gasteiger partial charge in [0.15, 0.2) is 0 Å². The highest BCUT2D eigenvalue weighted by molar-refractivity contribution is 7.89. The second kappa shape index (κ2) is 7.40. The molecule has 1 aliphatic rings. The van der Waals surface area contributed by atoms with E-state index in [9.17, 15) is 22.0 Å². The van der Waals surface area contributed by atoms with E-state index in [0.717, 1.165) is 6.07 Å². The van der Waals surface area contributed by atoms with Crippen LogP contribution in [-0.2, 0) is 23.1 Å². The summed E-state index contributed by atoms with van der Waals surface area (Å²) in [6.45, 7) is 5.34. The van der Waals surface area contributed by atoms with Crippen LogP contribution in [0.1, 0.15) is 29.9 Å². The maximum Gasteiger partial charge on any atom is 0.270 e. The number of aromatic nitrogens is 1. The third kappa shape index (κ3) is 4.19. The molecule has 0 unspecified atom stereocenters. The van der Waals surface area contributed by atoms with Crippen molar-refractivity contribution in [3.05, 3.63) is 53.4 Å². The number of rotatable bonds is 6. The number of carbonyl (C=O) groups excluding carboxylic acids is 1. The Morgan fingerprint density at radius 1 is 1.19 bits per heavy atom. The van der Waals surface area contributed by atoms with E-state index in [1.807, 2.05) is 13.8 Å². The molecule has 9 heteroatoms. The Hall–Kier alpha value is -2.26. The van der Waals surface area contributed by atoms with Crippen LogP contribution in [0.4, 0.5) is 8.78 Å². The zero-order valence-electron chi connectivity index (χ0n) is 15.1. The molecule has 27 heavy (non-hydrogen) atoms. The van der Waals surface area contributed by atoms with Crippen molar-refractivity contribution in [3.63, 3.8) is 0 Å². The fourth-order valence-corrected chi connectivity index (χ4v) is 4.07. The zero-order valence-corrected chi connectivity index (χ0v) is 15.9. The molecule has 2 aromatic rings. The van der Waals surface area contributed by atoms with Crippen molar-refractivity contribution in [2.24, 2.45) is 5.92 Å². The van der Waals surface area contributed by atoms with Crippen LogP contribution in [0.5, 0.6) is 0 Å². The summed E-state index contributed by atoms with van der Waals surface area (Å²) < 4.78 is 55.6. The summed E-state index contributed by atoms with van der Waals surface area (Å²) in [4.78, 5) is 14.2. The van der Waals surface area contributed by atoms with Gasteiger partial charge in [-0.05, 0) is 18.1 Å². The first-order chi connectivity index (χ1) is 12.7. The van der Waals surface area contributed by atoms with Gasteiger partial charge < -0.3 is 9.47 Å². The van der Waals surface area contributed by atoms with Gasteiger partial charge in [-0.1, -0.05) is 19.9 Å². The normalized spacial score (nSPS) is 14.7. The van der Waals surface area contributed by atoms with Crippen molar-refractivity contribution in [2.75, 3.05) is 13.1 Å². The minimum atomic E-state index is -3.95. The van der Waals surface area contributed by atoms with E-state index in [1.54, 1.807) is 9.47 Å². The number of fused-ring (bicyclic) bond motifs is 1. The number of hydrogen-bond donors (Lipinski definition) is 1. The lowest BCUT2D eigenvalue weighted by Crippen LogP contribution is -2.41. The van der Waals surface area contributed by atoms with Gasteiger partial charge in [0.25, 0.3) is 5.91 Å². The highest BCUT2D eigenvalue weighted by Gasteiger charge is 2.28. The van der Waals surface area contributed by atoms with E-state index in [4.69, 9.17) is 0 Å². The first-order valence-corrected chi connectivity index (χ1v) is 10.1. The molecule has 0 saturated carbocycles. The molecule has 146 valence electrons. The molecule has 3 rings (SSSR count). The molecule has 0 spiro atoms. The molecule has 1 amide bonds. The van der Waals surface area contributed by atoms with Gasteiger partial charge in [0, 0.05) is 44.0 Å². The van der Waals surface area contributed by atoms with Gasteiger partial charge in [-0.15, -0.1) is 0 Å².